The van der Waals surface area contributed by atoms with Gasteiger partial charge in [-0.25, -0.2) is 0 Å². The summed E-state index contributed by atoms with van der Waals surface area (Å²) in [6.07, 6.45) is 18.3. The van der Waals surface area contributed by atoms with Crippen LogP contribution >= 0.6 is 0 Å². The molecule has 3 rings (SSSR count). The van der Waals surface area contributed by atoms with Crippen LogP contribution in [0.15, 0.2) is 101 Å². The molecule has 0 aromatic heterocycles. The summed E-state index contributed by atoms with van der Waals surface area (Å²) in [6.45, 7) is 12.8. The maximum absolute atomic E-state index is 4.56. The molecule has 3 nitrogen and oxygen atoms in total. The standard InChI is InChI=1S/C26H31N3/c1-5-12-21(6-2)17-25(26-18-22(26)15-16-28-20-26)29(23(7-3)19-27-8-4)24-13-10-9-11-14-24/h5-7,9-16,19-20,22,25H,1-2,8,17-18H2,3-4H3/b21-12+,23-7+,27-19?. The van der Waals surface area contributed by atoms with E-state index in [-0.39, 0.29) is 11.5 Å². The summed E-state index contributed by atoms with van der Waals surface area (Å²) in [7, 11) is 0. The molecule has 0 radical (unpaired) electrons. The lowest BCUT2D eigenvalue weighted by molar-refractivity contribution is 0.482. The SMILES string of the molecule is C=C/C=C(\C=C)CC(N(/C(C=NCC)=C/C)c1ccccc1)C12C=NC=CC1C2. The van der Waals surface area contributed by atoms with Gasteiger partial charge >= 0.3 is 0 Å². The third-order valence-corrected chi connectivity index (χ3v) is 5.79. The highest BCUT2D eigenvalue weighted by Gasteiger charge is 2.59. The van der Waals surface area contributed by atoms with Crippen molar-refractivity contribution in [1.82, 2.24) is 0 Å². The first-order valence-electron chi connectivity index (χ1n) is 10.4. The van der Waals surface area contributed by atoms with E-state index >= 15 is 0 Å². The highest BCUT2D eigenvalue weighted by Crippen LogP contribution is 2.59. The van der Waals surface area contributed by atoms with E-state index in [1.165, 1.54) is 5.57 Å². The molecule has 1 fully saturated rings. The Kier molecular flexibility index (Phi) is 6.82. The number of allylic oxidation sites excluding steroid dienone is 6. The van der Waals surface area contributed by atoms with Crippen molar-refractivity contribution in [3.8, 4) is 0 Å². The first-order chi connectivity index (χ1) is 14.2. The second-order valence-corrected chi connectivity index (χ2v) is 7.49. The van der Waals surface area contributed by atoms with Crippen molar-refractivity contribution in [3.05, 3.63) is 91.3 Å². The number of nitrogens with zero attached hydrogens (tertiary/aromatic N) is 3. The number of anilines is 1. The molecule has 1 aliphatic carbocycles. The summed E-state index contributed by atoms with van der Waals surface area (Å²) in [5.74, 6) is 0.521. The van der Waals surface area contributed by atoms with Gasteiger partial charge in [-0.3, -0.25) is 9.98 Å². The van der Waals surface area contributed by atoms with E-state index in [4.69, 9.17) is 0 Å². The quantitative estimate of drug-likeness (QED) is 0.351. The van der Waals surface area contributed by atoms with E-state index in [2.05, 4.69) is 96.7 Å². The summed E-state index contributed by atoms with van der Waals surface area (Å²) < 4.78 is 0. The van der Waals surface area contributed by atoms with Gasteiger partial charge in [0.05, 0.1) is 5.70 Å². The van der Waals surface area contributed by atoms with Crippen LogP contribution in [0.4, 0.5) is 5.69 Å². The first-order valence-corrected chi connectivity index (χ1v) is 10.4. The fourth-order valence-corrected chi connectivity index (χ4v) is 4.20. The fourth-order valence-electron chi connectivity index (χ4n) is 4.20. The highest BCUT2D eigenvalue weighted by molar-refractivity contribution is 5.86. The molecule has 3 atom stereocenters. The van der Waals surface area contributed by atoms with Crippen LogP contribution < -0.4 is 4.90 Å². The van der Waals surface area contributed by atoms with Gasteiger partial charge in [-0.2, -0.15) is 0 Å². The van der Waals surface area contributed by atoms with Crippen molar-refractivity contribution in [2.75, 3.05) is 11.4 Å². The Bertz CT molecular complexity index is 872. The molecule has 0 saturated heterocycles. The molecule has 0 bridgehead atoms. The van der Waals surface area contributed by atoms with Gasteiger partial charge in [0.2, 0.25) is 0 Å². The molecule has 150 valence electrons. The van der Waals surface area contributed by atoms with Gasteiger partial charge in [0.1, 0.15) is 0 Å². The molecule has 0 amide bonds. The molecule has 2 aliphatic rings. The highest BCUT2D eigenvalue weighted by atomic mass is 15.2. The monoisotopic (exact) mass is 385 g/mol. The number of para-hydroxylation sites is 1. The predicted octanol–water partition coefficient (Wildman–Crippen LogP) is 6.15. The second kappa shape index (κ2) is 9.51. The molecule has 3 unspecified atom stereocenters. The molecule has 1 heterocycles. The van der Waals surface area contributed by atoms with Gasteiger partial charge in [0, 0.05) is 42.3 Å². The van der Waals surface area contributed by atoms with Gasteiger partial charge in [-0.15, -0.1) is 0 Å². The number of aliphatic imine (C=N–C) groups is 2. The zero-order valence-electron chi connectivity index (χ0n) is 17.5. The van der Waals surface area contributed by atoms with Gasteiger partial charge < -0.3 is 4.90 Å². The number of benzene rings is 1. The summed E-state index contributed by atoms with van der Waals surface area (Å²) >= 11 is 0. The predicted molar refractivity (Wildman–Crippen MR) is 127 cm³/mol. The largest absolute Gasteiger partial charge is 0.336 e. The van der Waals surface area contributed by atoms with Crippen LogP contribution in [-0.2, 0) is 0 Å². The zero-order valence-corrected chi connectivity index (χ0v) is 17.5. The minimum atomic E-state index is 0.0160. The van der Waals surface area contributed by atoms with Crippen LogP contribution in [0.5, 0.6) is 0 Å². The van der Waals surface area contributed by atoms with Crippen LogP contribution in [0.1, 0.15) is 26.7 Å². The Labute approximate surface area is 175 Å². The third kappa shape index (κ3) is 4.40. The second-order valence-electron chi connectivity index (χ2n) is 7.49. The Hall–Kier alpha value is -2.94. The Morgan fingerprint density at radius 3 is 2.76 bits per heavy atom. The van der Waals surface area contributed by atoms with E-state index in [0.29, 0.717) is 5.92 Å². The van der Waals surface area contributed by atoms with Gasteiger partial charge in [-0.05, 0) is 50.3 Å². The van der Waals surface area contributed by atoms with Crippen LogP contribution in [0, 0.1) is 11.3 Å². The molecular formula is C26H31N3. The van der Waals surface area contributed by atoms with Crippen molar-refractivity contribution < 1.29 is 0 Å². The van der Waals surface area contributed by atoms with Crippen molar-refractivity contribution in [2.24, 2.45) is 21.3 Å². The summed E-state index contributed by atoms with van der Waals surface area (Å²) in [5, 5.41) is 0. The van der Waals surface area contributed by atoms with Crippen molar-refractivity contribution in [3.63, 3.8) is 0 Å². The minimum absolute atomic E-state index is 0.0160. The lowest BCUT2D eigenvalue weighted by atomic mass is 9.86. The minimum Gasteiger partial charge on any atom is -0.336 e. The molecule has 1 aliphatic heterocycles. The van der Waals surface area contributed by atoms with Gasteiger partial charge in [0.25, 0.3) is 0 Å². The van der Waals surface area contributed by atoms with E-state index in [1.807, 2.05) is 24.6 Å². The van der Waals surface area contributed by atoms with E-state index < -0.39 is 0 Å². The lowest BCUT2D eigenvalue weighted by Gasteiger charge is -2.39. The smallest absolute Gasteiger partial charge is 0.0551 e. The molecule has 29 heavy (non-hydrogen) atoms. The Morgan fingerprint density at radius 1 is 1.34 bits per heavy atom. The van der Waals surface area contributed by atoms with Gasteiger partial charge in [-0.1, -0.05) is 61.7 Å². The summed E-state index contributed by atoms with van der Waals surface area (Å²) in [4.78, 5) is 11.5. The summed E-state index contributed by atoms with van der Waals surface area (Å²) in [5.41, 5.74) is 3.46. The molecule has 3 heteroatoms. The maximum Gasteiger partial charge on any atom is 0.0551 e. The fraction of sp³-hybridized carbons (Fsp3) is 0.308. The number of hydrogen-bond donors (Lipinski definition) is 0. The van der Waals surface area contributed by atoms with E-state index in [0.717, 1.165) is 30.8 Å². The molecule has 1 aromatic rings. The number of hydrogen-bond acceptors (Lipinski definition) is 3. The Balaban J connectivity index is 2.12. The van der Waals surface area contributed by atoms with Crippen LogP contribution in [0.3, 0.4) is 0 Å². The third-order valence-electron chi connectivity index (χ3n) is 5.79. The zero-order chi connectivity index (χ0) is 20.7. The molecule has 0 N–H and O–H groups in total. The Morgan fingerprint density at radius 2 is 2.14 bits per heavy atom. The molecular weight excluding hydrogens is 354 g/mol. The molecule has 1 aromatic carbocycles. The van der Waals surface area contributed by atoms with Crippen LogP contribution in [0.2, 0.25) is 0 Å². The topological polar surface area (TPSA) is 28.0 Å². The molecule has 0 spiro atoms. The van der Waals surface area contributed by atoms with E-state index in [9.17, 15) is 0 Å². The summed E-state index contributed by atoms with van der Waals surface area (Å²) in [6, 6.07) is 10.8. The maximum atomic E-state index is 4.56. The first kappa shape index (κ1) is 20.8. The van der Waals surface area contributed by atoms with Crippen molar-refractivity contribution >= 4 is 18.1 Å². The average Bonchev–Trinajstić information content (AvgIpc) is 3.51. The lowest BCUT2D eigenvalue weighted by Crippen LogP contribution is -2.44. The average molecular weight is 386 g/mol. The van der Waals surface area contributed by atoms with Gasteiger partial charge in [0.15, 0.2) is 0 Å². The molecule has 1 saturated carbocycles. The van der Waals surface area contributed by atoms with Crippen molar-refractivity contribution in [2.45, 2.75) is 32.7 Å². The number of rotatable bonds is 10. The van der Waals surface area contributed by atoms with E-state index in [1.54, 1.807) is 0 Å². The van der Waals surface area contributed by atoms with Crippen LogP contribution in [-0.4, -0.2) is 25.0 Å². The number of fused-ring (bicyclic) bond motifs is 1. The van der Waals surface area contributed by atoms with Crippen LogP contribution in [0.25, 0.3) is 0 Å². The normalized spacial score (nSPS) is 24.3. The van der Waals surface area contributed by atoms with Crippen molar-refractivity contribution in [1.29, 1.82) is 0 Å².